The Hall–Kier alpha value is -1.45. The number of amides is 1. The zero-order valence-corrected chi connectivity index (χ0v) is 20.0. The van der Waals surface area contributed by atoms with Crippen molar-refractivity contribution in [1.29, 1.82) is 0 Å². The summed E-state index contributed by atoms with van der Waals surface area (Å²) in [5.41, 5.74) is 2.84. The molecule has 0 saturated carbocycles. The molecular formula is C19H26Cl2IN5O. The minimum Gasteiger partial charge on any atom is -0.352 e. The van der Waals surface area contributed by atoms with E-state index in [0.29, 0.717) is 35.6 Å². The van der Waals surface area contributed by atoms with E-state index in [-0.39, 0.29) is 29.9 Å². The fourth-order valence-corrected chi connectivity index (χ4v) is 2.91. The molecule has 154 valence electrons. The lowest BCUT2D eigenvalue weighted by Crippen LogP contribution is -2.36. The van der Waals surface area contributed by atoms with Crippen LogP contribution in [0.15, 0.2) is 35.3 Å². The third-order valence-electron chi connectivity index (χ3n) is 4.05. The first-order valence-corrected chi connectivity index (χ1v) is 9.53. The molecule has 0 atom stereocenters. The summed E-state index contributed by atoms with van der Waals surface area (Å²) < 4.78 is 1.83. The van der Waals surface area contributed by atoms with E-state index in [0.717, 1.165) is 23.4 Å². The quantitative estimate of drug-likeness (QED) is 0.275. The molecule has 9 heteroatoms. The topological polar surface area (TPSA) is 70.4 Å². The largest absolute Gasteiger partial charge is 0.352 e. The van der Waals surface area contributed by atoms with Crippen LogP contribution in [0.2, 0.25) is 10.2 Å². The molecule has 0 saturated heterocycles. The highest BCUT2D eigenvalue weighted by molar-refractivity contribution is 14.0. The van der Waals surface area contributed by atoms with Gasteiger partial charge in [0, 0.05) is 38.4 Å². The maximum Gasteiger partial charge on any atom is 0.224 e. The molecule has 1 aromatic carbocycles. The van der Waals surface area contributed by atoms with Gasteiger partial charge >= 0.3 is 0 Å². The van der Waals surface area contributed by atoms with Gasteiger partial charge in [0.2, 0.25) is 5.91 Å². The second-order valence-electron chi connectivity index (χ2n) is 6.11. The first-order chi connectivity index (χ1) is 12.9. The van der Waals surface area contributed by atoms with Gasteiger partial charge in [0.25, 0.3) is 0 Å². The first kappa shape index (κ1) is 24.6. The van der Waals surface area contributed by atoms with Crippen molar-refractivity contribution in [2.24, 2.45) is 12.0 Å². The van der Waals surface area contributed by atoms with Crippen molar-refractivity contribution in [3.8, 4) is 0 Å². The summed E-state index contributed by atoms with van der Waals surface area (Å²) in [6.45, 7) is 3.14. The third-order valence-corrected chi connectivity index (χ3v) is 4.89. The number of aromatic nitrogens is 1. The Morgan fingerprint density at radius 1 is 1.14 bits per heavy atom. The van der Waals surface area contributed by atoms with Crippen molar-refractivity contribution in [3.05, 3.63) is 51.8 Å². The van der Waals surface area contributed by atoms with Gasteiger partial charge in [-0.2, -0.15) is 0 Å². The van der Waals surface area contributed by atoms with E-state index in [4.69, 9.17) is 23.2 Å². The highest BCUT2D eigenvalue weighted by atomic mass is 127. The lowest BCUT2D eigenvalue weighted by molar-refractivity contribution is -0.116. The fourth-order valence-electron chi connectivity index (χ4n) is 2.50. The molecule has 1 heterocycles. The van der Waals surface area contributed by atoms with Crippen LogP contribution in [-0.4, -0.2) is 23.5 Å². The molecule has 3 N–H and O–H groups in total. The van der Waals surface area contributed by atoms with Crippen LogP contribution in [0.25, 0.3) is 0 Å². The van der Waals surface area contributed by atoms with Gasteiger partial charge in [-0.3, -0.25) is 9.79 Å². The summed E-state index contributed by atoms with van der Waals surface area (Å²) in [6, 6.07) is 9.57. The number of rotatable bonds is 7. The van der Waals surface area contributed by atoms with Gasteiger partial charge in [0.1, 0.15) is 5.15 Å². The Morgan fingerprint density at radius 3 is 2.32 bits per heavy atom. The van der Waals surface area contributed by atoms with Gasteiger partial charge in [-0.15, -0.1) is 24.0 Å². The molecule has 0 aliphatic rings. The van der Waals surface area contributed by atoms with Gasteiger partial charge in [-0.05, 0) is 30.2 Å². The van der Waals surface area contributed by atoms with Crippen molar-refractivity contribution in [1.82, 2.24) is 15.2 Å². The molecule has 0 radical (unpaired) electrons. The molecule has 6 nitrogen and oxygen atoms in total. The van der Waals surface area contributed by atoms with Gasteiger partial charge in [0.15, 0.2) is 5.96 Å². The number of benzene rings is 1. The van der Waals surface area contributed by atoms with Crippen LogP contribution in [0.4, 0.5) is 5.69 Å². The SMILES string of the molecule is CCCC(=O)Nc1ccc(CNC(=NC)NCc2cc(Cl)c(Cl)n2C)cc1.I. The van der Waals surface area contributed by atoms with Gasteiger partial charge in [-0.25, -0.2) is 0 Å². The first-order valence-electron chi connectivity index (χ1n) is 8.77. The number of hydrogen-bond donors (Lipinski definition) is 3. The number of aliphatic imine (C=N–C) groups is 1. The summed E-state index contributed by atoms with van der Waals surface area (Å²) in [4.78, 5) is 15.8. The maximum atomic E-state index is 11.6. The number of guanidine groups is 1. The molecule has 0 unspecified atom stereocenters. The van der Waals surface area contributed by atoms with Crippen LogP contribution in [0.1, 0.15) is 31.0 Å². The van der Waals surface area contributed by atoms with E-state index >= 15 is 0 Å². The number of halogens is 3. The number of anilines is 1. The number of nitrogens with zero attached hydrogens (tertiary/aromatic N) is 2. The van der Waals surface area contributed by atoms with Crippen LogP contribution in [0.5, 0.6) is 0 Å². The number of hydrogen-bond acceptors (Lipinski definition) is 2. The summed E-state index contributed by atoms with van der Waals surface area (Å²) in [7, 11) is 3.58. The van der Waals surface area contributed by atoms with E-state index in [1.165, 1.54) is 0 Å². The highest BCUT2D eigenvalue weighted by Gasteiger charge is 2.09. The van der Waals surface area contributed by atoms with Crippen molar-refractivity contribution >= 4 is 64.7 Å². The van der Waals surface area contributed by atoms with E-state index in [1.807, 2.05) is 48.9 Å². The minimum atomic E-state index is 0. The Labute approximate surface area is 193 Å². The lowest BCUT2D eigenvalue weighted by Gasteiger charge is -2.13. The van der Waals surface area contributed by atoms with Crippen LogP contribution in [-0.2, 0) is 24.9 Å². The zero-order chi connectivity index (χ0) is 19.8. The van der Waals surface area contributed by atoms with Crippen molar-refractivity contribution in [3.63, 3.8) is 0 Å². The molecule has 0 aliphatic heterocycles. The molecule has 1 aromatic heterocycles. The zero-order valence-electron chi connectivity index (χ0n) is 16.2. The Morgan fingerprint density at radius 2 is 1.79 bits per heavy atom. The Balaban J connectivity index is 0.00000392. The van der Waals surface area contributed by atoms with E-state index < -0.39 is 0 Å². The Kier molecular flexibility index (Phi) is 10.7. The number of nitrogens with one attached hydrogen (secondary N) is 3. The average molecular weight is 538 g/mol. The second kappa shape index (κ2) is 12.2. The molecule has 0 bridgehead atoms. The smallest absolute Gasteiger partial charge is 0.224 e. The number of carbonyl (C=O) groups is 1. The standard InChI is InChI=1S/C19H25Cl2N5O.HI/c1-4-5-17(27)25-14-8-6-13(7-9-14)11-23-19(22-2)24-12-15-10-16(20)18(21)26(15)3;/h6-10H,4-5,11-12H2,1-3H3,(H,25,27)(H2,22,23,24);1H. The maximum absolute atomic E-state index is 11.6. The third kappa shape index (κ3) is 7.18. The summed E-state index contributed by atoms with van der Waals surface area (Å²) in [5.74, 6) is 0.706. The van der Waals surface area contributed by atoms with E-state index in [2.05, 4.69) is 20.9 Å². The molecular weight excluding hydrogens is 512 g/mol. The summed E-state index contributed by atoms with van der Waals surface area (Å²) in [6.07, 6.45) is 1.37. The van der Waals surface area contributed by atoms with E-state index in [1.54, 1.807) is 7.05 Å². The molecule has 28 heavy (non-hydrogen) atoms. The minimum absolute atomic E-state index is 0. The van der Waals surface area contributed by atoms with Crippen LogP contribution in [0, 0.1) is 0 Å². The van der Waals surface area contributed by atoms with Crippen molar-refractivity contribution in [2.45, 2.75) is 32.9 Å². The van der Waals surface area contributed by atoms with Gasteiger partial charge in [0.05, 0.1) is 11.6 Å². The number of carbonyl (C=O) groups excluding carboxylic acids is 1. The molecule has 0 aliphatic carbocycles. The monoisotopic (exact) mass is 537 g/mol. The molecule has 1 amide bonds. The molecule has 0 spiro atoms. The normalized spacial score (nSPS) is 11.0. The lowest BCUT2D eigenvalue weighted by atomic mass is 10.2. The predicted molar refractivity (Wildman–Crippen MR) is 128 cm³/mol. The van der Waals surface area contributed by atoms with Crippen molar-refractivity contribution < 1.29 is 4.79 Å². The van der Waals surface area contributed by atoms with Crippen LogP contribution in [0.3, 0.4) is 0 Å². The average Bonchev–Trinajstić information content (AvgIpc) is 2.90. The van der Waals surface area contributed by atoms with Crippen LogP contribution >= 0.6 is 47.2 Å². The molecule has 2 rings (SSSR count). The van der Waals surface area contributed by atoms with Gasteiger partial charge < -0.3 is 20.5 Å². The second-order valence-corrected chi connectivity index (χ2v) is 6.87. The fraction of sp³-hybridized carbons (Fsp3) is 0.368. The Bertz CT molecular complexity index is 805. The van der Waals surface area contributed by atoms with Gasteiger partial charge in [-0.1, -0.05) is 42.3 Å². The van der Waals surface area contributed by atoms with Crippen molar-refractivity contribution in [2.75, 3.05) is 12.4 Å². The van der Waals surface area contributed by atoms with Crippen LogP contribution < -0.4 is 16.0 Å². The highest BCUT2D eigenvalue weighted by Crippen LogP contribution is 2.24. The molecule has 0 fully saturated rings. The van der Waals surface area contributed by atoms with E-state index in [9.17, 15) is 4.79 Å². The summed E-state index contributed by atoms with van der Waals surface area (Å²) >= 11 is 12.1. The molecule has 2 aromatic rings. The predicted octanol–water partition coefficient (Wildman–Crippen LogP) is 4.55. The summed E-state index contributed by atoms with van der Waals surface area (Å²) in [5, 5.41) is 10.4.